The predicted molar refractivity (Wildman–Crippen MR) is 343 cm³/mol. The standard InChI is InChI=1S/C76H63N5O2.Pt/c1-44(2)59-38-53(49-23-12-10-13-24-49)39-60(45(3)4)71(59)80-67-33-20-18-31-65(67)78-74(80)52-28-22-29-55(37-52)82-56-42-63-70-58-36-35-51-27-16-17-30-57(51)69(58)48(9)77-76(70)83-73(63)64(43-56)75-79-66-32-19-21-34-68(66)81(75)72-61(46(5)6)40-54(41-62(72)47(7)8)50-25-14-11-15-26-50;/h10-36,38-42,44-47H,1-9H3;/q-2;+2. The van der Waals surface area contributed by atoms with E-state index in [1.165, 1.54) is 44.5 Å². The number of imidazole rings is 2. The van der Waals surface area contributed by atoms with Crippen LogP contribution in [0.4, 0.5) is 0 Å². The van der Waals surface area contributed by atoms with Gasteiger partial charge >= 0.3 is 21.1 Å². The Balaban J connectivity index is 0.00000658. The van der Waals surface area contributed by atoms with E-state index in [-0.39, 0.29) is 44.7 Å². The molecule has 414 valence electrons. The number of para-hydroxylation sites is 4. The average molecular weight is 1270 g/mol. The average Bonchev–Trinajstić information content (AvgIpc) is 1.66. The van der Waals surface area contributed by atoms with Crippen molar-refractivity contribution in [3.63, 3.8) is 0 Å². The molecule has 84 heavy (non-hydrogen) atoms. The molecular weight excluding hydrogens is 1210 g/mol. The summed E-state index contributed by atoms with van der Waals surface area (Å²) in [6.45, 7) is 20.3. The number of pyridine rings is 1. The Morgan fingerprint density at radius 3 is 1.51 bits per heavy atom. The van der Waals surface area contributed by atoms with Crippen molar-refractivity contribution >= 4 is 65.7 Å². The van der Waals surface area contributed by atoms with Crippen LogP contribution in [0, 0.1) is 19.1 Å². The van der Waals surface area contributed by atoms with Crippen LogP contribution < -0.4 is 4.74 Å². The number of rotatable bonds is 12. The van der Waals surface area contributed by atoms with Gasteiger partial charge in [0.05, 0.1) is 39.3 Å². The van der Waals surface area contributed by atoms with Crippen molar-refractivity contribution in [1.82, 2.24) is 24.1 Å². The molecule has 0 radical (unpaired) electrons. The number of hydrogen-bond acceptors (Lipinski definition) is 5. The fraction of sp³-hybridized carbons (Fsp3) is 0.171. The predicted octanol–water partition coefficient (Wildman–Crippen LogP) is 20.8. The number of hydrogen-bond donors (Lipinski definition) is 0. The van der Waals surface area contributed by atoms with E-state index in [1.807, 2.05) is 12.1 Å². The molecule has 4 heterocycles. The second-order valence-corrected chi connectivity index (χ2v) is 23.3. The third kappa shape index (κ3) is 9.21. The molecule has 14 aromatic rings. The molecule has 0 spiro atoms. The van der Waals surface area contributed by atoms with Crippen LogP contribution >= 0.6 is 0 Å². The number of benzene rings is 10. The molecule has 0 saturated carbocycles. The minimum Gasteiger partial charge on any atom is -0.497 e. The summed E-state index contributed by atoms with van der Waals surface area (Å²) in [6, 6.07) is 76.4. The van der Waals surface area contributed by atoms with Crippen LogP contribution in [0.1, 0.15) is 107 Å². The second-order valence-electron chi connectivity index (χ2n) is 23.3. The van der Waals surface area contributed by atoms with Gasteiger partial charge in [-0.2, -0.15) is 0 Å². The molecule has 0 N–H and O–H groups in total. The SMILES string of the molecule is Cc1nc2oc3c(-c4nc5ccccc5n4-c4c(C(C)C)cc(-c5ccccc5)cc4C(C)C)[c-]c(Oc4[c-]c(-c5nc6ccccc6n5-c5c(C(C)C)cc(-c6ccccc6)cc5C(C)C)ccc4)cc3c2c2ccc3ccccc3c12.[Pt+2]. The molecule has 0 bridgehead atoms. The molecule has 0 saturated heterocycles. The number of aryl methyl sites for hydroxylation is 1. The zero-order valence-electron chi connectivity index (χ0n) is 48.7. The first kappa shape index (κ1) is 54.4. The van der Waals surface area contributed by atoms with Gasteiger partial charge in [0, 0.05) is 39.3 Å². The van der Waals surface area contributed by atoms with Crippen molar-refractivity contribution < 1.29 is 30.2 Å². The quantitative estimate of drug-likeness (QED) is 0.0900. The molecule has 0 unspecified atom stereocenters. The molecule has 0 atom stereocenters. The first-order valence-corrected chi connectivity index (χ1v) is 29.1. The maximum atomic E-state index is 7.20. The van der Waals surface area contributed by atoms with Gasteiger partial charge in [0.15, 0.2) is 0 Å². The summed E-state index contributed by atoms with van der Waals surface area (Å²) >= 11 is 0. The summed E-state index contributed by atoms with van der Waals surface area (Å²) in [4.78, 5) is 16.3. The fourth-order valence-electron chi connectivity index (χ4n) is 12.6. The topological polar surface area (TPSA) is 70.9 Å². The molecule has 4 aromatic heterocycles. The van der Waals surface area contributed by atoms with Gasteiger partial charge < -0.3 is 18.3 Å². The zero-order valence-corrected chi connectivity index (χ0v) is 50.9. The number of aromatic nitrogens is 5. The van der Waals surface area contributed by atoms with Crippen LogP contribution in [0.3, 0.4) is 0 Å². The number of ether oxygens (including phenoxy) is 1. The van der Waals surface area contributed by atoms with Crippen molar-refractivity contribution in [3.8, 4) is 67.9 Å². The van der Waals surface area contributed by atoms with Gasteiger partial charge in [0.25, 0.3) is 0 Å². The Hall–Kier alpha value is -8.90. The molecule has 0 aliphatic rings. The van der Waals surface area contributed by atoms with Crippen LogP contribution in [-0.4, -0.2) is 24.1 Å². The van der Waals surface area contributed by atoms with Crippen LogP contribution in [0.15, 0.2) is 199 Å². The Kier molecular flexibility index (Phi) is 14.0. The van der Waals surface area contributed by atoms with Crippen LogP contribution in [0.5, 0.6) is 11.5 Å². The van der Waals surface area contributed by atoms with Gasteiger partial charge in [-0.15, -0.1) is 23.8 Å². The van der Waals surface area contributed by atoms with Crippen LogP contribution in [0.2, 0.25) is 0 Å². The van der Waals surface area contributed by atoms with E-state index >= 15 is 0 Å². The molecule has 8 heteroatoms. The number of fused-ring (bicyclic) bond motifs is 9. The van der Waals surface area contributed by atoms with Crippen molar-refractivity contribution in [3.05, 3.63) is 234 Å². The van der Waals surface area contributed by atoms with E-state index in [9.17, 15) is 0 Å². The third-order valence-corrected chi connectivity index (χ3v) is 16.6. The third-order valence-electron chi connectivity index (χ3n) is 16.6. The Labute approximate surface area is 504 Å². The normalized spacial score (nSPS) is 12.0. The Morgan fingerprint density at radius 1 is 0.429 bits per heavy atom. The van der Waals surface area contributed by atoms with E-state index in [1.54, 1.807) is 0 Å². The molecular formula is C76H63N5O2Pt. The van der Waals surface area contributed by atoms with Crippen molar-refractivity contribution in [2.75, 3.05) is 0 Å². The zero-order chi connectivity index (χ0) is 56.8. The van der Waals surface area contributed by atoms with Gasteiger partial charge in [-0.05, 0) is 145 Å². The summed E-state index contributed by atoms with van der Waals surface area (Å²) < 4.78 is 19.0. The maximum Gasteiger partial charge on any atom is 2.00 e. The molecule has 14 rings (SSSR count). The number of furan rings is 1. The van der Waals surface area contributed by atoms with Gasteiger partial charge in [-0.25, -0.2) is 4.98 Å². The van der Waals surface area contributed by atoms with E-state index < -0.39 is 0 Å². The van der Waals surface area contributed by atoms with Crippen molar-refractivity contribution in [2.45, 2.75) is 86.0 Å². The smallest absolute Gasteiger partial charge is 0.497 e. The minimum atomic E-state index is 0. The molecule has 0 fully saturated rings. The monoisotopic (exact) mass is 1270 g/mol. The Morgan fingerprint density at radius 2 is 0.940 bits per heavy atom. The van der Waals surface area contributed by atoms with E-state index in [0.717, 1.165) is 82.8 Å². The summed E-state index contributed by atoms with van der Waals surface area (Å²) in [5.74, 6) is 3.22. The maximum absolute atomic E-state index is 7.20. The van der Waals surface area contributed by atoms with Gasteiger partial charge in [0.2, 0.25) is 5.71 Å². The Bertz CT molecular complexity index is 4800. The first-order valence-electron chi connectivity index (χ1n) is 29.1. The van der Waals surface area contributed by atoms with Crippen LogP contribution in [0.25, 0.3) is 122 Å². The molecule has 0 aliphatic heterocycles. The summed E-state index contributed by atoms with van der Waals surface area (Å²) in [5.41, 5.74) is 19.2. The summed E-state index contributed by atoms with van der Waals surface area (Å²) in [5, 5.41) is 6.18. The minimum absolute atomic E-state index is 0. The van der Waals surface area contributed by atoms with E-state index in [2.05, 4.69) is 266 Å². The van der Waals surface area contributed by atoms with Crippen molar-refractivity contribution in [1.29, 1.82) is 0 Å². The molecule has 10 aromatic carbocycles. The first-order chi connectivity index (χ1) is 40.4. The van der Waals surface area contributed by atoms with E-state index in [0.29, 0.717) is 34.2 Å². The van der Waals surface area contributed by atoms with E-state index in [4.69, 9.17) is 24.1 Å². The van der Waals surface area contributed by atoms with Gasteiger partial charge in [-0.1, -0.05) is 200 Å². The van der Waals surface area contributed by atoms with Crippen LogP contribution in [-0.2, 0) is 21.1 Å². The van der Waals surface area contributed by atoms with Gasteiger partial charge in [-0.3, -0.25) is 9.97 Å². The van der Waals surface area contributed by atoms with Crippen molar-refractivity contribution in [2.24, 2.45) is 0 Å². The van der Waals surface area contributed by atoms with Gasteiger partial charge in [0.1, 0.15) is 0 Å². The molecule has 7 nitrogen and oxygen atoms in total. The fourth-order valence-corrected chi connectivity index (χ4v) is 12.6. The largest absolute Gasteiger partial charge is 2.00 e. The number of nitrogens with zero attached hydrogens (tertiary/aromatic N) is 5. The molecule has 0 aliphatic carbocycles. The molecule has 0 amide bonds. The summed E-state index contributed by atoms with van der Waals surface area (Å²) in [6.07, 6.45) is 0. The summed E-state index contributed by atoms with van der Waals surface area (Å²) in [7, 11) is 0. The second kappa shape index (κ2) is 21.7.